The third kappa shape index (κ3) is 3.83. The molecular weight excluding hydrogens is 271 g/mol. The van der Waals surface area contributed by atoms with Gasteiger partial charge in [0.05, 0.1) is 19.5 Å². The summed E-state index contributed by atoms with van der Waals surface area (Å²) in [6, 6.07) is 2.96. The molecule has 0 aliphatic rings. The van der Waals surface area contributed by atoms with E-state index in [2.05, 4.69) is 0 Å². The molecule has 7 heteroatoms. The van der Waals surface area contributed by atoms with Gasteiger partial charge in [0.15, 0.2) is 0 Å². The number of benzene rings is 1. The molecule has 0 bridgehead atoms. The lowest BCUT2D eigenvalue weighted by atomic mass is 10.1. The first-order chi connectivity index (χ1) is 7.89. The van der Waals surface area contributed by atoms with Crippen LogP contribution in [0.5, 0.6) is 5.75 Å². The third-order valence-electron chi connectivity index (χ3n) is 2.12. The van der Waals surface area contributed by atoms with Crippen molar-refractivity contribution < 1.29 is 22.3 Å². The van der Waals surface area contributed by atoms with E-state index in [1.165, 1.54) is 26.4 Å². The summed E-state index contributed by atoms with van der Waals surface area (Å²) >= 11 is 0. The summed E-state index contributed by atoms with van der Waals surface area (Å²) in [4.78, 5) is 0. The molecule has 0 amide bonds. The fourth-order valence-corrected chi connectivity index (χ4v) is 2.36. The van der Waals surface area contributed by atoms with Crippen LogP contribution in [-0.2, 0) is 26.1 Å². The van der Waals surface area contributed by atoms with Crippen molar-refractivity contribution in [3.8, 4) is 5.75 Å². The first kappa shape index (κ1) is 14.2. The second-order valence-corrected chi connectivity index (χ2v) is 6.11. The summed E-state index contributed by atoms with van der Waals surface area (Å²) in [5, 5.41) is 0. The summed E-state index contributed by atoms with van der Waals surface area (Å²) in [7, 11) is 4.01. The van der Waals surface area contributed by atoms with Gasteiger partial charge in [-0.15, -0.1) is 0 Å². The standard InChI is InChI=1S/C10H12ClFO4S/c1-15-5-7-3-4-9(16-2)8(10(7)12)6-17(11,13)14/h3-4H,5-6H2,1-2H3. The third-order valence-corrected chi connectivity index (χ3v) is 3.08. The normalized spacial score (nSPS) is 11.5. The summed E-state index contributed by atoms with van der Waals surface area (Å²) in [6.45, 7) is 0.0468. The van der Waals surface area contributed by atoms with Crippen LogP contribution in [0.15, 0.2) is 12.1 Å². The zero-order chi connectivity index (χ0) is 13.1. The molecule has 0 aliphatic heterocycles. The van der Waals surface area contributed by atoms with E-state index in [1.54, 1.807) is 0 Å². The highest BCUT2D eigenvalue weighted by atomic mass is 35.7. The topological polar surface area (TPSA) is 52.6 Å². The highest BCUT2D eigenvalue weighted by Gasteiger charge is 2.19. The van der Waals surface area contributed by atoms with Crippen molar-refractivity contribution in [1.82, 2.24) is 0 Å². The van der Waals surface area contributed by atoms with Crippen LogP contribution >= 0.6 is 10.7 Å². The zero-order valence-corrected chi connectivity index (χ0v) is 10.9. The number of methoxy groups -OCH3 is 2. The molecule has 0 radical (unpaired) electrons. The van der Waals surface area contributed by atoms with Crippen molar-refractivity contribution in [3.63, 3.8) is 0 Å². The van der Waals surface area contributed by atoms with Crippen molar-refractivity contribution in [2.24, 2.45) is 0 Å². The SMILES string of the molecule is COCc1ccc(OC)c(CS(=O)(=O)Cl)c1F. The Kier molecular flexibility index (Phi) is 4.73. The van der Waals surface area contributed by atoms with Gasteiger partial charge in [-0.3, -0.25) is 0 Å². The van der Waals surface area contributed by atoms with Gasteiger partial charge in [-0.1, -0.05) is 6.07 Å². The predicted octanol–water partition coefficient (Wildman–Crippen LogP) is 2.05. The van der Waals surface area contributed by atoms with Crippen molar-refractivity contribution >= 4 is 19.7 Å². The molecule has 0 atom stereocenters. The Balaban J connectivity index is 3.27. The maximum Gasteiger partial charge on any atom is 0.237 e. The van der Waals surface area contributed by atoms with Gasteiger partial charge in [-0.05, 0) is 6.07 Å². The minimum Gasteiger partial charge on any atom is -0.496 e. The Morgan fingerprint density at radius 3 is 2.47 bits per heavy atom. The molecule has 0 fully saturated rings. The van der Waals surface area contributed by atoms with Gasteiger partial charge in [0.1, 0.15) is 11.6 Å². The molecule has 4 nitrogen and oxygen atoms in total. The lowest BCUT2D eigenvalue weighted by Crippen LogP contribution is -2.05. The van der Waals surface area contributed by atoms with Crippen molar-refractivity contribution in [1.29, 1.82) is 0 Å². The van der Waals surface area contributed by atoms with E-state index in [1.807, 2.05) is 0 Å². The second kappa shape index (κ2) is 5.66. The Morgan fingerprint density at radius 1 is 1.35 bits per heavy atom. The van der Waals surface area contributed by atoms with Crippen LogP contribution in [-0.4, -0.2) is 22.6 Å². The minimum atomic E-state index is -3.85. The van der Waals surface area contributed by atoms with Gasteiger partial charge < -0.3 is 9.47 Å². The summed E-state index contributed by atoms with van der Waals surface area (Å²) in [5.74, 6) is -1.15. The molecule has 0 saturated carbocycles. The lowest BCUT2D eigenvalue weighted by molar-refractivity contribution is 0.181. The van der Waals surface area contributed by atoms with E-state index < -0.39 is 20.6 Å². The average molecular weight is 283 g/mol. The largest absolute Gasteiger partial charge is 0.496 e. The van der Waals surface area contributed by atoms with Gasteiger partial charge in [0.25, 0.3) is 0 Å². The van der Waals surface area contributed by atoms with Gasteiger partial charge in [0, 0.05) is 28.9 Å². The summed E-state index contributed by atoms with van der Waals surface area (Å²) < 4.78 is 45.7. The Labute approximate surface area is 104 Å². The maximum atomic E-state index is 14.0. The molecule has 96 valence electrons. The van der Waals surface area contributed by atoms with Crippen molar-refractivity contribution in [2.75, 3.05) is 14.2 Å². The molecule has 1 aromatic carbocycles. The number of hydrogen-bond donors (Lipinski definition) is 0. The van der Waals surface area contributed by atoms with E-state index >= 15 is 0 Å². The number of hydrogen-bond acceptors (Lipinski definition) is 4. The zero-order valence-electron chi connectivity index (χ0n) is 9.37. The smallest absolute Gasteiger partial charge is 0.237 e. The number of halogens is 2. The Hall–Kier alpha value is -0.850. The highest BCUT2D eigenvalue weighted by Crippen LogP contribution is 2.27. The lowest BCUT2D eigenvalue weighted by Gasteiger charge is -2.11. The molecule has 0 unspecified atom stereocenters. The second-order valence-electron chi connectivity index (χ2n) is 3.34. The maximum absolute atomic E-state index is 14.0. The molecule has 0 heterocycles. The molecular formula is C10H12ClFO4S. The molecule has 0 aromatic heterocycles. The fourth-order valence-electron chi connectivity index (χ4n) is 1.42. The number of ether oxygens (including phenoxy) is 2. The Morgan fingerprint density at radius 2 is 2.00 bits per heavy atom. The van der Waals surface area contributed by atoms with Gasteiger partial charge in [0.2, 0.25) is 9.05 Å². The van der Waals surface area contributed by atoms with E-state index in [0.717, 1.165) is 0 Å². The number of rotatable bonds is 5. The first-order valence-corrected chi connectivity index (χ1v) is 7.12. The van der Waals surface area contributed by atoms with Crippen LogP contribution in [0.2, 0.25) is 0 Å². The van der Waals surface area contributed by atoms with E-state index in [4.69, 9.17) is 20.2 Å². The van der Waals surface area contributed by atoms with Gasteiger partial charge in [-0.2, -0.15) is 0 Å². The van der Waals surface area contributed by atoms with Crippen LogP contribution < -0.4 is 4.74 Å². The van der Waals surface area contributed by atoms with Crippen molar-refractivity contribution in [3.05, 3.63) is 29.1 Å². The fraction of sp³-hybridized carbons (Fsp3) is 0.400. The van der Waals surface area contributed by atoms with Crippen LogP contribution in [0.25, 0.3) is 0 Å². The quantitative estimate of drug-likeness (QED) is 0.776. The molecule has 0 aliphatic carbocycles. The van der Waals surface area contributed by atoms with Crippen LogP contribution in [0.3, 0.4) is 0 Å². The van der Waals surface area contributed by atoms with Gasteiger partial charge in [-0.25, -0.2) is 12.8 Å². The molecule has 1 aromatic rings. The average Bonchev–Trinajstić information content (AvgIpc) is 2.23. The molecule has 0 N–H and O–H groups in total. The van der Waals surface area contributed by atoms with Crippen LogP contribution in [0.4, 0.5) is 4.39 Å². The van der Waals surface area contributed by atoms with E-state index in [-0.39, 0.29) is 23.5 Å². The molecule has 1 rings (SSSR count). The monoisotopic (exact) mass is 282 g/mol. The molecule has 17 heavy (non-hydrogen) atoms. The van der Waals surface area contributed by atoms with Gasteiger partial charge >= 0.3 is 0 Å². The van der Waals surface area contributed by atoms with E-state index in [9.17, 15) is 12.8 Å². The summed E-state index contributed by atoms with van der Waals surface area (Å²) in [6.07, 6.45) is 0. The van der Waals surface area contributed by atoms with Crippen LogP contribution in [0, 0.1) is 5.82 Å². The molecule has 0 spiro atoms. The highest BCUT2D eigenvalue weighted by molar-refractivity contribution is 8.13. The van der Waals surface area contributed by atoms with Crippen molar-refractivity contribution in [2.45, 2.75) is 12.4 Å². The van der Waals surface area contributed by atoms with Crippen LogP contribution in [0.1, 0.15) is 11.1 Å². The minimum absolute atomic E-state index is 0.0468. The first-order valence-electron chi connectivity index (χ1n) is 4.64. The van der Waals surface area contributed by atoms with E-state index in [0.29, 0.717) is 0 Å². The molecule has 0 saturated heterocycles. The summed E-state index contributed by atoms with van der Waals surface area (Å²) in [5.41, 5.74) is 0.167. The Bertz CT molecular complexity index is 501. The predicted molar refractivity (Wildman–Crippen MR) is 62.1 cm³/mol.